The molecule has 1 atom stereocenters. The van der Waals surface area contributed by atoms with Crippen molar-refractivity contribution in [1.29, 1.82) is 0 Å². The molecule has 4 rings (SSSR count). The van der Waals surface area contributed by atoms with E-state index in [1.165, 1.54) is 12.1 Å². The van der Waals surface area contributed by atoms with E-state index in [9.17, 15) is 14.0 Å². The van der Waals surface area contributed by atoms with Crippen LogP contribution >= 0.6 is 0 Å². The Morgan fingerprint density at radius 2 is 1.80 bits per heavy atom. The smallest absolute Gasteiger partial charge is 0.249 e. The Hall–Kier alpha value is -2.11. The Morgan fingerprint density at radius 1 is 1.00 bits per heavy atom. The van der Waals surface area contributed by atoms with E-state index in [0.29, 0.717) is 25.2 Å². The van der Waals surface area contributed by atoms with Crippen molar-refractivity contribution < 1.29 is 14.0 Å². The fraction of sp³-hybridized carbons (Fsp3) is 0.579. The number of benzene rings is 1. The van der Waals surface area contributed by atoms with E-state index in [1.54, 1.807) is 15.9 Å². The lowest BCUT2D eigenvalue weighted by Crippen LogP contribution is -2.48. The summed E-state index contributed by atoms with van der Waals surface area (Å²) in [7, 11) is 1.96. The SMILES string of the molecule is CN1CCCN(C(=O)[C@H]2CCCN2C(=O)C2CC2)c2cc(F)ccc21. The summed E-state index contributed by atoms with van der Waals surface area (Å²) in [6, 6.07) is 4.21. The van der Waals surface area contributed by atoms with Crippen molar-refractivity contribution in [3.8, 4) is 0 Å². The van der Waals surface area contributed by atoms with Gasteiger partial charge in [0.2, 0.25) is 11.8 Å². The molecular weight excluding hydrogens is 321 g/mol. The Bertz CT molecular complexity index is 704. The number of likely N-dealkylation sites (tertiary alicyclic amines) is 1. The van der Waals surface area contributed by atoms with Gasteiger partial charge in [-0.3, -0.25) is 9.59 Å². The number of anilines is 2. The molecule has 2 heterocycles. The first-order valence-corrected chi connectivity index (χ1v) is 9.19. The summed E-state index contributed by atoms with van der Waals surface area (Å²) in [5.74, 6) is -0.159. The molecule has 1 aromatic carbocycles. The van der Waals surface area contributed by atoms with Gasteiger partial charge in [-0.2, -0.15) is 0 Å². The maximum Gasteiger partial charge on any atom is 0.249 e. The third-order valence-corrected chi connectivity index (χ3v) is 5.53. The summed E-state index contributed by atoms with van der Waals surface area (Å²) in [6.45, 7) is 2.04. The third-order valence-electron chi connectivity index (χ3n) is 5.53. The van der Waals surface area contributed by atoms with Crippen LogP contribution in [0.15, 0.2) is 18.2 Å². The lowest BCUT2D eigenvalue weighted by molar-refractivity contribution is -0.138. The monoisotopic (exact) mass is 345 g/mol. The molecule has 0 aromatic heterocycles. The lowest BCUT2D eigenvalue weighted by atomic mass is 10.1. The van der Waals surface area contributed by atoms with Gasteiger partial charge < -0.3 is 14.7 Å². The van der Waals surface area contributed by atoms with Gasteiger partial charge in [0.05, 0.1) is 11.4 Å². The van der Waals surface area contributed by atoms with Gasteiger partial charge in [-0.1, -0.05) is 0 Å². The number of halogens is 1. The predicted octanol–water partition coefficient (Wildman–Crippen LogP) is 2.40. The second-order valence-electron chi connectivity index (χ2n) is 7.36. The van der Waals surface area contributed by atoms with Crippen LogP contribution in [0.25, 0.3) is 0 Å². The Morgan fingerprint density at radius 3 is 2.56 bits per heavy atom. The van der Waals surface area contributed by atoms with E-state index in [4.69, 9.17) is 0 Å². The minimum Gasteiger partial charge on any atom is -0.373 e. The lowest BCUT2D eigenvalue weighted by Gasteiger charge is -2.31. The van der Waals surface area contributed by atoms with E-state index in [2.05, 4.69) is 4.90 Å². The van der Waals surface area contributed by atoms with Crippen molar-refractivity contribution in [3.05, 3.63) is 24.0 Å². The van der Waals surface area contributed by atoms with Gasteiger partial charge in [-0.25, -0.2) is 4.39 Å². The number of hydrogen-bond acceptors (Lipinski definition) is 3. The van der Waals surface area contributed by atoms with Crippen molar-refractivity contribution in [2.75, 3.05) is 36.5 Å². The van der Waals surface area contributed by atoms with Crippen molar-refractivity contribution in [1.82, 2.24) is 4.90 Å². The molecule has 0 bridgehead atoms. The topological polar surface area (TPSA) is 43.9 Å². The molecule has 2 amide bonds. The molecule has 1 aliphatic carbocycles. The van der Waals surface area contributed by atoms with Gasteiger partial charge in [0, 0.05) is 32.6 Å². The second kappa shape index (κ2) is 6.32. The normalized spacial score (nSPS) is 23.4. The average Bonchev–Trinajstić information content (AvgIpc) is 3.35. The van der Waals surface area contributed by atoms with Crippen molar-refractivity contribution in [2.24, 2.45) is 5.92 Å². The quantitative estimate of drug-likeness (QED) is 0.827. The van der Waals surface area contributed by atoms with Crippen LogP contribution < -0.4 is 9.80 Å². The second-order valence-corrected chi connectivity index (χ2v) is 7.36. The Labute approximate surface area is 147 Å². The largest absolute Gasteiger partial charge is 0.373 e. The molecule has 2 aliphatic heterocycles. The summed E-state index contributed by atoms with van der Waals surface area (Å²) in [5, 5.41) is 0. The number of nitrogens with zero attached hydrogens (tertiary/aromatic N) is 3. The number of carbonyl (C=O) groups is 2. The molecule has 1 saturated heterocycles. The van der Waals surface area contributed by atoms with Gasteiger partial charge >= 0.3 is 0 Å². The number of carbonyl (C=O) groups excluding carboxylic acids is 2. The highest BCUT2D eigenvalue weighted by atomic mass is 19.1. The molecule has 0 radical (unpaired) electrons. The number of hydrogen-bond donors (Lipinski definition) is 0. The molecule has 5 nitrogen and oxygen atoms in total. The van der Waals surface area contributed by atoms with Crippen LogP contribution in [-0.2, 0) is 9.59 Å². The zero-order valence-corrected chi connectivity index (χ0v) is 14.6. The molecule has 0 unspecified atom stereocenters. The first kappa shape index (κ1) is 16.4. The molecule has 0 spiro atoms. The van der Waals surface area contributed by atoms with Crippen LogP contribution in [-0.4, -0.2) is 49.4 Å². The van der Waals surface area contributed by atoms with Gasteiger partial charge in [0.25, 0.3) is 0 Å². The van der Waals surface area contributed by atoms with Crippen LogP contribution in [0.1, 0.15) is 32.1 Å². The minimum atomic E-state index is -0.396. The molecular formula is C19H24FN3O2. The van der Waals surface area contributed by atoms with Gasteiger partial charge in [0.1, 0.15) is 11.9 Å². The summed E-state index contributed by atoms with van der Waals surface area (Å²) in [4.78, 5) is 31.3. The molecule has 1 aromatic rings. The first-order valence-electron chi connectivity index (χ1n) is 9.19. The summed E-state index contributed by atoms with van der Waals surface area (Å²) in [6.07, 6.45) is 4.27. The Balaban J connectivity index is 1.64. The highest BCUT2D eigenvalue weighted by Crippen LogP contribution is 2.36. The first-order chi connectivity index (χ1) is 12.1. The fourth-order valence-electron chi connectivity index (χ4n) is 4.00. The highest BCUT2D eigenvalue weighted by Gasteiger charge is 2.42. The van der Waals surface area contributed by atoms with Gasteiger partial charge in [-0.05, 0) is 50.3 Å². The molecule has 25 heavy (non-hydrogen) atoms. The summed E-state index contributed by atoms with van der Waals surface area (Å²) in [5.41, 5.74) is 1.49. The highest BCUT2D eigenvalue weighted by molar-refractivity contribution is 6.02. The predicted molar refractivity (Wildman–Crippen MR) is 94.1 cm³/mol. The zero-order valence-electron chi connectivity index (χ0n) is 14.6. The number of fused-ring (bicyclic) bond motifs is 1. The van der Waals surface area contributed by atoms with Crippen LogP contribution in [0.4, 0.5) is 15.8 Å². The van der Waals surface area contributed by atoms with Crippen LogP contribution in [0, 0.1) is 11.7 Å². The van der Waals surface area contributed by atoms with Crippen molar-refractivity contribution in [3.63, 3.8) is 0 Å². The zero-order chi connectivity index (χ0) is 17.6. The molecule has 134 valence electrons. The van der Waals surface area contributed by atoms with Crippen LogP contribution in [0.3, 0.4) is 0 Å². The van der Waals surface area contributed by atoms with Crippen molar-refractivity contribution in [2.45, 2.75) is 38.1 Å². The maximum atomic E-state index is 13.9. The standard InChI is InChI=1S/C19H24FN3O2/c1-21-9-3-11-23(17-12-14(20)7-8-15(17)21)19(25)16-4-2-10-22(16)18(24)13-5-6-13/h7-8,12-13,16H,2-6,9-11H2,1H3/t16-/m1/s1. The molecule has 6 heteroatoms. The van der Waals surface area contributed by atoms with Gasteiger partial charge in [0.15, 0.2) is 0 Å². The maximum absolute atomic E-state index is 13.9. The molecule has 2 fully saturated rings. The van der Waals surface area contributed by atoms with E-state index in [-0.39, 0.29) is 23.5 Å². The van der Waals surface area contributed by atoms with E-state index in [1.807, 2.05) is 7.05 Å². The van der Waals surface area contributed by atoms with Crippen LogP contribution in [0.2, 0.25) is 0 Å². The summed E-state index contributed by atoms with van der Waals surface area (Å²) < 4.78 is 13.9. The van der Waals surface area contributed by atoms with Crippen molar-refractivity contribution >= 4 is 23.2 Å². The van der Waals surface area contributed by atoms with Crippen LogP contribution in [0.5, 0.6) is 0 Å². The minimum absolute atomic E-state index is 0.0614. The van der Waals surface area contributed by atoms with E-state index >= 15 is 0 Å². The fourth-order valence-corrected chi connectivity index (χ4v) is 4.00. The number of amides is 2. The summed E-state index contributed by atoms with van der Waals surface area (Å²) >= 11 is 0. The molecule has 0 N–H and O–H groups in total. The number of rotatable bonds is 2. The Kier molecular flexibility index (Phi) is 4.13. The molecule has 3 aliphatic rings. The molecule has 1 saturated carbocycles. The van der Waals surface area contributed by atoms with Gasteiger partial charge in [-0.15, -0.1) is 0 Å². The van der Waals surface area contributed by atoms with E-state index < -0.39 is 6.04 Å². The van der Waals surface area contributed by atoms with E-state index in [0.717, 1.165) is 37.9 Å². The third kappa shape index (κ3) is 2.98. The average molecular weight is 345 g/mol.